The quantitative estimate of drug-likeness (QED) is 0.496. The van der Waals surface area contributed by atoms with Crippen molar-refractivity contribution in [2.24, 2.45) is 4.99 Å². The second kappa shape index (κ2) is 11.5. The number of rotatable bonds is 7. The van der Waals surface area contributed by atoms with Gasteiger partial charge in [0.2, 0.25) is 5.95 Å². The molecule has 0 spiro atoms. The van der Waals surface area contributed by atoms with Crippen molar-refractivity contribution < 1.29 is 4.74 Å². The molecule has 1 aromatic carbocycles. The first-order chi connectivity index (χ1) is 18.6. The van der Waals surface area contributed by atoms with E-state index in [9.17, 15) is 0 Å². The average Bonchev–Trinajstić information content (AvgIpc) is 3.43. The molecule has 6 rings (SSSR count). The highest BCUT2D eigenvalue weighted by Gasteiger charge is 2.35. The van der Waals surface area contributed by atoms with E-state index in [0.717, 1.165) is 50.4 Å². The van der Waals surface area contributed by atoms with Crippen molar-refractivity contribution in [3.8, 4) is 0 Å². The van der Waals surface area contributed by atoms with Gasteiger partial charge in [0.1, 0.15) is 5.00 Å². The third-order valence-corrected chi connectivity index (χ3v) is 8.72. The fourth-order valence-electron chi connectivity index (χ4n) is 5.75. The second-order valence-electron chi connectivity index (χ2n) is 10.4. The smallest absolute Gasteiger partial charge is 0.219 e. The zero-order valence-corrected chi connectivity index (χ0v) is 22.7. The summed E-state index contributed by atoms with van der Waals surface area (Å²) in [6, 6.07) is 13.5. The Kier molecular flexibility index (Phi) is 7.66. The third kappa shape index (κ3) is 5.60. The van der Waals surface area contributed by atoms with Crippen LogP contribution in [0.4, 0.5) is 10.9 Å². The van der Waals surface area contributed by atoms with Crippen LogP contribution >= 0.6 is 11.3 Å². The van der Waals surface area contributed by atoms with Crippen molar-refractivity contribution in [2.45, 2.75) is 37.7 Å². The maximum Gasteiger partial charge on any atom is 0.219 e. The first kappa shape index (κ1) is 25.4. The molecule has 38 heavy (non-hydrogen) atoms. The van der Waals surface area contributed by atoms with E-state index in [0.29, 0.717) is 12.6 Å². The number of benzene rings is 1. The van der Waals surface area contributed by atoms with Gasteiger partial charge in [-0.3, -0.25) is 14.9 Å². The van der Waals surface area contributed by atoms with Crippen LogP contribution in [0.1, 0.15) is 35.7 Å². The van der Waals surface area contributed by atoms with Crippen LogP contribution in [0.5, 0.6) is 0 Å². The molecule has 3 aliphatic rings. The van der Waals surface area contributed by atoms with Gasteiger partial charge < -0.3 is 15.4 Å². The fraction of sp³-hybridized carbons (Fsp3) is 0.464. The van der Waals surface area contributed by atoms with Crippen LogP contribution in [-0.4, -0.2) is 89.5 Å². The summed E-state index contributed by atoms with van der Waals surface area (Å²) in [6.07, 6.45) is 7.85. The molecule has 2 aromatic heterocycles. The van der Waals surface area contributed by atoms with Crippen LogP contribution in [0.25, 0.3) is 0 Å². The summed E-state index contributed by atoms with van der Waals surface area (Å²) in [7, 11) is 2.26. The van der Waals surface area contributed by atoms with Gasteiger partial charge in [-0.25, -0.2) is 15.0 Å². The third-order valence-electron chi connectivity index (χ3n) is 7.80. The lowest BCUT2D eigenvalue weighted by Crippen LogP contribution is -2.56. The van der Waals surface area contributed by atoms with E-state index >= 15 is 0 Å². The number of likely N-dealkylation sites (tertiary alicyclic amines) is 1. The number of ether oxygens (including phenoxy) is 1. The van der Waals surface area contributed by atoms with Crippen molar-refractivity contribution in [3.63, 3.8) is 0 Å². The van der Waals surface area contributed by atoms with Crippen molar-refractivity contribution in [3.05, 3.63) is 70.9 Å². The van der Waals surface area contributed by atoms with E-state index in [1.807, 2.05) is 6.21 Å². The molecule has 2 N–H and O–H groups in total. The minimum atomic E-state index is -0.212. The Morgan fingerprint density at radius 2 is 1.87 bits per heavy atom. The number of nitrogens with zero attached hydrogens (tertiary/aromatic N) is 7. The number of fused-ring (bicyclic) bond motifs is 1. The molecule has 0 bridgehead atoms. The first-order valence-electron chi connectivity index (χ1n) is 13.4. The summed E-state index contributed by atoms with van der Waals surface area (Å²) in [5.74, 6) is 0.276. The number of hydrogen-bond acceptors (Lipinski definition) is 10. The summed E-state index contributed by atoms with van der Waals surface area (Å²) in [4.78, 5) is 18.4. The number of hydrogen-bond donors (Lipinski definition) is 1. The van der Waals surface area contributed by atoms with Crippen LogP contribution in [-0.2, 0) is 11.3 Å². The Balaban J connectivity index is 1.08. The van der Waals surface area contributed by atoms with Gasteiger partial charge in [-0.05, 0) is 50.0 Å². The molecule has 0 radical (unpaired) electrons. The predicted octanol–water partition coefficient (Wildman–Crippen LogP) is 3.27. The fourth-order valence-corrected chi connectivity index (χ4v) is 6.68. The number of nitrogen functional groups attached to an aromatic ring is 1. The van der Waals surface area contributed by atoms with Gasteiger partial charge in [0, 0.05) is 62.0 Å². The van der Waals surface area contributed by atoms with E-state index in [1.54, 1.807) is 23.7 Å². The summed E-state index contributed by atoms with van der Waals surface area (Å²) in [6.45, 7) is 6.53. The maximum absolute atomic E-state index is 6.28. The largest absolute Gasteiger partial charge is 0.374 e. The number of morpholine rings is 1. The van der Waals surface area contributed by atoms with Gasteiger partial charge in [0.05, 0.1) is 12.7 Å². The summed E-state index contributed by atoms with van der Waals surface area (Å²) >= 11 is 1.74. The maximum atomic E-state index is 6.28. The number of hydrazine groups is 1. The molecule has 5 heterocycles. The van der Waals surface area contributed by atoms with Gasteiger partial charge in [-0.15, -0.1) is 11.3 Å². The minimum absolute atomic E-state index is 0.153. The Hall–Kier alpha value is -2.89. The minimum Gasteiger partial charge on any atom is -0.374 e. The molecule has 10 heteroatoms. The SMILES string of the molecule is CN(Cc1ccccc1)C1CCN(CC2CN(N3c4sccc4C=NC3c3cnc(N)nc3)CCO2)CC1. The summed E-state index contributed by atoms with van der Waals surface area (Å²) in [5, 5.41) is 8.05. The standard InChI is InChI=1S/C28H36N8OS/c1-33(18-21-5-3-2-4-6-21)24-7-10-34(11-8-24)19-25-20-35(12-13-37-25)36-26(23-16-31-28(29)32-17-23)30-15-22-9-14-38-27(22)36/h2-6,9,14-17,24-26H,7-8,10-13,18-20H2,1H3,(H2,29,31,32). The van der Waals surface area contributed by atoms with Gasteiger partial charge in [0.25, 0.3) is 0 Å². The number of piperidine rings is 1. The molecule has 200 valence electrons. The van der Waals surface area contributed by atoms with E-state index < -0.39 is 0 Å². The Labute approximate surface area is 228 Å². The number of aliphatic imine (C=N–C) groups is 1. The molecule has 9 nitrogen and oxygen atoms in total. The highest BCUT2D eigenvalue weighted by Crippen LogP contribution is 2.39. The molecule has 0 aliphatic carbocycles. The van der Waals surface area contributed by atoms with Crippen molar-refractivity contribution in [1.29, 1.82) is 0 Å². The van der Waals surface area contributed by atoms with Crippen LogP contribution in [0.15, 0.2) is 59.2 Å². The van der Waals surface area contributed by atoms with E-state index in [-0.39, 0.29) is 18.2 Å². The lowest BCUT2D eigenvalue weighted by molar-refractivity contribution is -0.0537. The topological polar surface area (TPSA) is 86.4 Å². The van der Waals surface area contributed by atoms with Crippen LogP contribution in [0.2, 0.25) is 0 Å². The molecule has 2 saturated heterocycles. The van der Waals surface area contributed by atoms with E-state index in [2.05, 4.69) is 78.6 Å². The zero-order chi connectivity index (χ0) is 25.9. The van der Waals surface area contributed by atoms with Crippen LogP contribution in [0.3, 0.4) is 0 Å². The normalized spacial score (nSPS) is 23.2. The molecule has 3 aromatic rings. The molecule has 2 atom stereocenters. The Morgan fingerprint density at radius 3 is 2.66 bits per heavy atom. The van der Waals surface area contributed by atoms with Gasteiger partial charge in [-0.2, -0.15) is 0 Å². The summed E-state index contributed by atoms with van der Waals surface area (Å²) in [5.41, 5.74) is 9.21. The number of aromatic nitrogens is 2. The number of thiophene rings is 1. The van der Waals surface area contributed by atoms with Crippen LogP contribution < -0.4 is 10.7 Å². The van der Waals surface area contributed by atoms with Gasteiger partial charge >= 0.3 is 0 Å². The average molecular weight is 533 g/mol. The summed E-state index contributed by atoms with van der Waals surface area (Å²) < 4.78 is 6.28. The lowest BCUT2D eigenvalue weighted by Gasteiger charge is -2.46. The van der Waals surface area contributed by atoms with E-state index in [1.165, 1.54) is 23.4 Å². The first-order valence-corrected chi connectivity index (χ1v) is 14.3. The molecule has 2 unspecified atom stereocenters. The predicted molar refractivity (Wildman–Crippen MR) is 152 cm³/mol. The molecular formula is C28H36N8OS. The monoisotopic (exact) mass is 532 g/mol. The molecule has 0 saturated carbocycles. The number of anilines is 2. The highest BCUT2D eigenvalue weighted by atomic mass is 32.1. The van der Waals surface area contributed by atoms with Gasteiger partial charge in [0.15, 0.2) is 6.17 Å². The van der Waals surface area contributed by atoms with Crippen molar-refractivity contribution in [2.75, 3.05) is 57.1 Å². The van der Waals surface area contributed by atoms with Crippen molar-refractivity contribution >= 4 is 28.5 Å². The second-order valence-corrected chi connectivity index (χ2v) is 11.3. The number of nitrogens with two attached hydrogens (primary N) is 1. The Morgan fingerprint density at radius 1 is 1.08 bits per heavy atom. The van der Waals surface area contributed by atoms with Crippen molar-refractivity contribution in [1.82, 2.24) is 24.8 Å². The lowest BCUT2D eigenvalue weighted by atomic mass is 10.0. The van der Waals surface area contributed by atoms with Gasteiger partial charge in [-0.1, -0.05) is 30.3 Å². The molecular weight excluding hydrogens is 496 g/mol. The Bertz CT molecular complexity index is 1210. The highest BCUT2D eigenvalue weighted by molar-refractivity contribution is 7.14. The van der Waals surface area contributed by atoms with Crippen LogP contribution in [0, 0.1) is 0 Å². The molecule has 3 aliphatic heterocycles. The van der Waals surface area contributed by atoms with E-state index in [4.69, 9.17) is 15.5 Å². The molecule has 0 amide bonds. The molecule has 2 fully saturated rings. The zero-order valence-electron chi connectivity index (χ0n) is 21.9.